The smallest absolute Gasteiger partial charge is 0.220 e. The monoisotopic (exact) mass is 1250 g/mol. The van der Waals surface area contributed by atoms with Gasteiger partial charge in [-0.25, -0.2) is 0 Å². The Labute approximate surface area is 540 Å². The molecule has 0 spiro atoms. The van der Waals surface area contributed by atoms with Crippen molar-refractivity contribution < 1.29 is 64.6 Å². The highest BCUT2D eigenvalue weighted by atomic mass is 16.7. The van der Waals surface area contributed by atoms with E-state index in [0.717, 1.165) is 83.5 Å². The van der Waals surface area contributed by atoms with Gasteiger partial charge in [-0.1, -0.05) is 271 Å². The molecule has 0 bridgehead atoms. The number of hydrogen-bond acceptors (Lipinski definition) is 13. The van der Waals surface area contributed by atoms with Crippen molar-refractivity contribution in [2.75, 3.05) is 19.8 Å². The number of ether oxygens (including phenoxy) is 4. The normalized spacial score (nSPS) is 23.7. The second-order valence-corrected chi connectivity index (χ2v) is 24.6. The second-order valence-electron chi connectivity index (χ2n) is 24.6. The topological polar surface area (TPSA) is 228 Å². The van der Waals surface area contributed by atoms with Crippen LogP contribution in [0.3, 0.4) is 0 Å². The van der Waals surface area contributed by atoms with Crippen LogP contribution in [0.25, 0.3) is 0 Å². The lowest BCUT2D eigenvalue weighted by Gasteiger charge is -2.46. The maximum absolute atomic E-state index is 13.3. The molecule has 2 rings (SSSR count). The Morgan fingerprint density at radius 1 is 0.416 bits per heavy atom. The van der Waals surface area contributed by atoms with Crippen LogP contribution in [0.2, 0.25) is 0 Å². The fourth-order valence-corrected chi connectivity index (χ4v) is 11.0. The fourth-order valence-electron chi connectivity index (χ4n) is 11.0. The molecule has 12 unspecified atom stereocenters. The number of carbonyl (C=O) groups is 1. The van der Waals surface area contributed by atoms with Gasteiger partial charge in [0.05, 0.1) is 32.0 Å². The number of nitrogens with one attached hydrogen (secondary N) is 1. The van der Waals surface area contributed by atoms with Gasteiger partial charge in [0, 0.05) is 6.42 Å². The van der Waals surface area contributed by atoms with Crippen LogP contribution in [0, 0.1) is 0 Å². The zero-order chi connectivity index (χ0) is 64.5. The Balaban J connectivity index is 1.68. The van der Waals surface area contributed by atoms with Crippen LogP contribution < -0.4 is 5.32 Å². The van der Waals surface area contributed by atoms with Crippen molar-refractivity contribution in [3.63, 3.8) is 0 Å². The Kier molecular flexibility index (Phi) is 53.7. The highest BCUT2D eigenvalue weighted by Gasteiger charge is 2.51. The standard InChI is InChI=1S/C75H129NO13/c1-3-5-7-9-11-13-15-17-19-21-23-25-27-28-29-30-31-32-33-34-35-36-37-39-41-43-45-47-49-51-53-55-57-59-67(80)76-63(62-86-74-72(85)70(83)73(66(61-78)88-74)89-75-71(84)69(82)68(81)65(60-77)87-75)64(79)58-56-54-52-50-48-46-44-42-40-38-26-24-22-20-18-16-14-12-10-8-6-4-2/h5,7,11,13,17,19,23,25,28-29,31-32,40,42,48,50,56,58,63-66,68-75,77-79,81-85H,3-4,6,8-10,12,14-16,18,20-22,24,26-27,30,33-39,41,43-47,49,51-55,57,59-62H2,1-2H3,(H,76,80)/b7-5-,13-11-,19-17-,25-23-,29-28-,32-31-,42-40+,50-48+,58-56+. The predicted octanol–water partition coefficient (Wildman–Crippen LogP) is 14.7. The average molecular weight is 1250 g/mol. The number of unbranched alkanes of at least 4 members (excludes halogenated alkanes) is 28. The highest BCUT2D eigenvalue weighted by Crippen LogP contribution is 2.30. The lowest BCUT2D eigenvalue weighted by atomic mass is 9.97. The maximum Gasteiger partial charge on any atom is 0.220 e. The van der Waals surface area contributed by atoms with E-state index in [0.29, 0.717) is 12.8 Å². The van der Waals surface area contributed by atoms with Crippen molar-refractivity contribution in [2.45, 2.75) is 338 Å². The first-order valence-electron chi connectivity index (χ1n) is 35.6. The zero-order valence-electron chi connectivity index (χ0n) is 55.6. The van der Waals surface area contributed by atoms with Crippen LogP contribution in [0.1, 0.15) is 264 Å². The summed E-state index contributed by atoms with van der Waals surface area (Å²) in [7, 11) is 0. The number of aliphatic hydroxyl groups excluding tert-OH is 8. The molecule has 1 amide bonds. The van der Waals surface area contributed by atoms with Gasteiger partial charge in [0.25, 0.3) is 0 Å². The number of aliphatic hydroxyl groups is 8. The minimum atomic E-state index is -1.80. The molecular weight excluding hydrogens is 1120 g/mol. The summed E-state index contributed by atoms with van der Waals surface area (Å²) in [5.74, 6) is -0.256. The van der Waals surface area contributed by atoms with Crippen molar-refractivity contribution in [1.82, 2.24) is 5.32 Å². The van der Waals surface area contributed by atoms with Gasteiger partial charge in [-0.2, -0.15) is 0 Å². The third-order valence-corrected chi connectivity index (χ3v) is 16.7. The van der Waals surface area contributed by atoms with Crippen LogP contribution in [-0.4, -0.2) is 140 Å². The van der Waals surface area contributed by atoms with E-state index in [4.69, 9.17) is 18.9 Å². The fraction of sp³-hybridized carbons (Fsp3) is 0.747. The zero-order valence-corrected chi connectivity index (χ0v) is 55.6. The largest absolute Gasteiger partial charge is 0.394 e. The molecule has 0 aromatic rings. The summed E-state index contributed by atoms with van der Waals surface area (Å²) >= 11 is 0. The number of rotatable bonds is 57. The molecule has 0 aromatic carbocycles. The Morgan fingerprint density at radius 2 is 0.787 bits per heavy atom. The van der Waals surface area contributed by atoms with Gasteiger partial charge in [0.15, 0.2) is 12.6 Å². The quantitative estimate of drug-likeness (QED) is 0.0204. The molecule has 12 atom stereocenters. The lowest BCUT2D eigenvalue weighted by molar-refractivity contribution is -0.359. The maximum atomic E-state index is 13.3. The summed E-state index contributed by atoms with van der Waals surface area (Å²) in [5.41, 5.74) is 0. The summed E-state index contributed by atoms with van der Waals surface area (Å²) < 4.78 is 22.8. The van der Waals surface area contributed by atoms with E-state index in [1.807, 2.05) is 6.08 Å². The summed E-state index contributed by atoms with van der Waals surface area (Å²) in [6, 6.07) is -0.946. The molecule has 0 aliphatic carbocycles. The van der Waals surface area contributed by atoms with E-state index in [1.54, 1.807) is 6.08 Å². The van der Waals surface area contributed by atoms with Crippen molar-refractivity contribution in [3.05, 3.63) is 109 Å². The minimum Gasteiger partial charge on any atom is -0.394 e. The van der Waals surface area contributed by atoms with Crippen LogP contribution in [-0.2, 0) is 23.7 Å². The first-order chi connectivity index (χ1) is 43.6. The molecule has 14 nitrogen and oxygen atoms in total. The second kappa shape index (κ2) is 58.5. The Bertz CT molecular complexity index is 1910. The highest BCUT2D eigenvalue weighted by molar-refractivity contribution is 5.76. The number of carbonyl (C=O) groups excluding carboxylic acids is 1. The minimum absolute atomic E-state index is 0.256. The SMILES string of the molecule is CC/C=C\C/C=C\C/C=C\C/C=C\C/C=C\C/C=C\CCCCCCCCCCCCCCCCC(=O)NC(COC1OC(CO)C(OC2OC(CO)C(O)C(O)C2O)C(O)C1O)C(O)/C=C/CC/C=C/CC/C=C/CCCCCCCCCCCCCC. The van der Waals surface area contributed by atoms with Crippen molar-refractivity contribution >= 4 is 5.91 Å². The van der Waals surface area contributed by atoms with Gasteiger partial charge >= 0.3 is 0 Å². The molecule has 89 heavy (non-hydrogen) atoms. The van der Waals surface area contributed by atoms with Gasteiger partial charge in [0.1, 0.15) is 48.8 Å². The van der Waals surface area contributed by atoms with Gasteiger partial charge in [0.2, 0.25) is 5.91 Å². The van der Waals surface area contributed by atoms with E-state index >= 15 is 0 Å². The summed E-state index contributed by atoms with van der Waals surface area (Å²) in [4.78, 5) is 13.3. The van der Waals surface area contributed by atoms with Crippen LogP contribution in [0.5, 0.6) is 0 Å². The van der Waals surface area contributed by atoms with E-state index in [1.165, 1.54) is 148 Å². The van der Waals surface area contributed by atoms with Crippen molar-refractivity contribution in [3.8, 4) is 0 Å². The molecule has 2 saturated heterocycles. The molecule has 0 aromatic heterocycles. The first-order valence-corrected chi connectivity index (χ1v) is 35.6. The molecule has 2 fully saturated rings. The lowest BCUT2D eigenvalue weighted by Crippen LogP contribution is -2.65. The number of hydrogen-bond donors (Lipinski definition) is 9. The van der Waals surface area contributed by atoms with Crippen LogP contribution in [0.4, 0.5) is 0 Å². The molecule has 2 heterocycles. The molecular formula is C75H129NO13. The van der Waals surface area contributed by atoms with E-state index in [2.05, 4.69) is 116 Å². The van der Waals surface area contributed by atoms with Gasteiger partial charge in [-0.15, -0.1) is 0 Å². The molecule has 512 valence electrons. The van der Waals surface area contributed by atoms with Gasteiger partial charge < -0.3 is 65.1 Å². The number of amides is 1. The molecule has 2 aliphatic heterocycles. The molecule has 9 N–H and O–H groups in total. The van der Waals surface area contributed by atoms with E-state index < -0.39 is 86.8 Å². The summed E-state index contributed by atoms with van der Waals surface area (Å²) in [6.07, 6.45) is 67.1. The first kappa shape index (κ1) is 81.7. The summed E-state index contributed by atoms with van der Waals surface area (Å²) in [5, 5.41) is 87.4. The van der Waals surface area contributed by atoms with Crippen LogP contribution in [0.15, 0.2) is 109 Å². The molecule has 2 aliphatic rings. The van der Waals surface area contributed by atoms with Crippen molar-refractivity contribution in [1.29, 1.82) is 0 Å². The average Bonchev–Trinajstić information content (AvgIpc) is 2.75. The van der Waals surface area contributed by atoms with E-state index in [9.17, 15) is 45.6 Å². The van der Waals surface area contributed by atoms with Crippen LogP contribution >= 0.6 is 0 Å². The third-order valence-electron chi connectivity index (χ3n) is 16.7. The molecule has 0 radical (unpaired) electrons. The number of allylic oxidation sites excluding steroid dienone is 17. The summed E-state index contributed by atoms with van der Waals surface area (Å²) in [6.45, 7) is 2.67. The molecule has 14 heteroatoms. The van der Waals surface area contributed by atoms with E-state index in [-0.39, 0.29) is 18.9 Å². The predicted molar refractivity (Wildman–Crippen MR) is 364 cm³/mol. The molecule has 0 saturated carbocycles. The van der Waals surface area contributed by atoms with Gasteiger partial charge in [-0.05, 0) is 96.3 Å². The van der Waals surface area contributed by atoms with Gasteiger partial charge in [-0.3, -0.25) is 4.79 Å². The Morgan fingerprint density at radius 3 is 1.24 bits per heavy atom. The Hall–Kier alpha value is -3.35. The third kappa shape index (κ3) is 42.5. The van der Waals surface area contributed by atoms with Crippen molar-refractivity contribution in [2.24, 2.45) is 0 Å².